The van der Waals surface area contributed by atoms with Crippen molar-refractivity contribution in [1.29, 1.82) is 0 Å². The Kier molecular flexibility index (Phi) is 5.04. The van der Waals surface area contributed by atoms with Crippen LogP contribution in [-0.4, -0.2) is 13.7 Å². The predicted octanol–water partition coefficient (Wildman–Crippen LogP) is 5.36. The van der Waals surface area contributed by atoms with Crippen molar-refractivity contribution in [3.05, 3.63) is 89.2 Å². The van der Waals surface area contributed by atoms with Crippen LogP contribution < -0.4 is 0 Å². The molecular formula is C23H24O2S. The molecule has 1 aliphatic carbocycles. The van der Waals surface area contributed by atoms with Gasteiger partial charge in [-0.05, 0) is 42.7 Å². The Hall–Kier alpha value is -2.35. The number of allylic oxidation sites excluding steroid dienone is 2. The quantitative estimate of drug-likeness (QED) is 0.542. The molecule has 0 saturated heterocycles. The molecule has 3 rings (SSSR count). The van der Waals surface area contributed by atoms with E-state index in [0.717, 1.165) is 16.7 Å². The molecule has 2 aromatic rings. The number of sulfone groups is 1. The van der Waals surface area contributed by atoms with Crippen LogP contribution in [0.5, 0.6) is 0 Å². The number of hydrogen-bond acceptors (Lipinski definition) is 2. The summed E-state index contributed by atoms with van der Waals surface area (Å²) in [6.45, 7) is 6.15. The normalized spacial score (nSPS) is 19.0. The van der Waals surface area contributed by atoms with Crippen molar-refractivity contribution in [2.75, 3.05) is 0 Å². The Morgan fingerprint density at radius 1 is 1.04 bits per heavy atom. The van der Waals surface area contributed by atoms with Crippen molar-refractivity contribution in [1.82, 2.24) is 0 Å². The van der Waals surface area contributed by atoms with Crippen LogP contribution >= 0.6 is 0 Å². The fourth-order valence-electron chi connectivity index (χ4n) is 3.06. The number of hydrogen-bond donors (Lipinski definition) is 0. The zero-order valence-corrected chi connectivity index (χ0v) is 16.3. The highest BCUT2D eigenvalue weighted by Gasteiger charge is 2.34. The average Bonchev–Trinajstić information content (AvgIpc) is 2.61. The van der Waals surface area contributed by atoms with Crippen LogP contribution in [0.1, 0.15) is 31.4 Å². The third-order valence-electron chi connectivity index (χ3n) is 4.87. The molecule has 0 fully saturated rings. The van der Waals surface area contributed by atoms with Gasteiger partial charge in [-0.15, -0.1) is 5.73 Å². The van der Waals surface area contributed by atoms with Gasteiger partial charge in [-0.1, -0.05) is 74.0 Å². The smallest absolute Gasteiger partial charge is 0.185 e. The van der Waals surface area contributed by atoms with Crippen LogP contribution in [0.2, 0.25) is 0 Å². The predicted molar refractivity (Wildman–Crippen MR) is 108 cm³/mol. The summed E-state index contributed by atoms with van der Waals surface area (Å²) in [5.74, 6) is 0. The van der Waals surface area contributed by atoms with Crippen molar-refractivity contribution in [2.24, 2.45) is 5.41 Å². The van der Waals surface area contributed by atoms with Gasteiger partial charge in [-0.25, -0.2) is 8.42 Å². The first-order chi connectivity index (χ1) is 12.3. The van der Waals surface area contributed by atoms with Crippen molar-refractivity contribution in [2.45, 2.75) is 37.3 Å². The molecule has 2 nitrogen and oxygen atoms in total. The molecule has 0 spiro atoms. The van der Waals surface area contributed by atoms with Gasteiger partial charge in [0.15, 0.2) is 9.84 Å². The van der Waals surface area contributed by atoms with E-state index in [0.29, 0.717) is 11.3 Å². The van der Waals surface area contributed by atoms with Crippen LogP contribution in [0.15, 0.2) is 82.9 Å². The summed E-state index contributed by atoms with van der Waals surface area (Å²) in [6, 6.07) is 17.0. The van der Waals surface area contributed by atoms with Crippen molar-refractivity contribution in [3.63, 3.8) is 0 Å². The lowest BCUT2D eigenvalue weighted by molar-refractivity contribution is 0.524. The molecule has 0 heterocycles. The van der Waals surface area contributed by atoms with Crippen molar-refractivity contribution < 1.29 is 8.42 Å². The summed E-state index contributed by atoms with van der Waals surface area (Å²) in [4.78, 5) is 0.379. The van der Waals surface area contributed by atoms with Gasteiger partial charge in [0.1, 0.15) is 0 Å². The SMILES string of the molecule is Cc1ccc(S(=O)(=O)C2C=CC(C)(C)C(=C=Cc3ccccc3)C2)cc1. The monoisotopic (exact) mass is 364 g/mol. The summed E-state index contributed by atoms with van der Waals surface area (Å²) in [5, 5.41) is -0.551. The first-order valence-electron chi connectivity index (χ1n) is 8.80. The van der Waals surface area contributed by atoms with E-state index in [1.807, 2.05) is 67.6 Å². The molecule has 0 aromatic heterocycles. The molecule has 3 heteroatoms. The fraction of sp³-hybridized carbons (Fsp3) is 0.261. The highest BCUT2D eigenvalue weighted by atomic mass is 32.2. The third-order valence-corrected chi connectivity index (χ3v) is 6.92. The molecule has 1 unspecified atom stereocenters. The number of aryl methyl sites for hydroxylation is 1. The highest BCUT2D eigenvalue weighted by Crippen LogP contribution is 2.38. The first kappa shape index (κ1) is 18.4. The van der Waals surface area contributed by atoms with Gasteiger partial charge in [-0.2, -0.15) is 0 Å². The lowest BCUT2D eigenvalue weighted by atomic mass is 9.78. The maximum Gasteiger partial charge on any atom is 0.185 e. The molecule has 0 radical (unpaired) electrons. The summed E-state index contributed by atoms with van der Waals surface area (Å²) >= 11 is 0. The fourth-order valence-corrected chi connectivity index (χ4v) is 4.60. The van der Waals surface area contributed by atoms with E-state index in [1.165, 1.54) is 0 Å². The molecule has 0 bridgehead atoms. The van der Waals surface area contributed by atoms with E-state index in [9.17, 15) is 8.42 Å². The third kappa shape index (κ3) is 3.90. The second-order valence-electron chi connectivity index (χ2n) is 7.36. The van der Waals surface area contributed by atoms with Gasteiger partial charge >= 0.3 is 0 Å². The van der Waals surface area contributed by atoms with Gasteiger partial charge in [0.2, 0.25) is 0 Å². The van der Waals surface area contributed by atoms with Gasteiger partial charge in [0, 0.05) is 5.41 Å². The second-order valence-corrected chi connectivity index (χ2v) is 9.53. The topological polar surface area (TPSA) is 34.1 Å². The second kappa shape index (κ2) is 7.11. The zero-order valence-electron chi connectivity index (χ0n) is 15.4. The molecule has 2 aromatic carbocycles. The Morgan fingerprint density at radius 2 is 1.69 bits per heavy atom. The molecule has 0 N–H and O–H groups in total. The Bertz CT molecular complexity index is 972. The maximum atomic E-state index is 13.0. The first-order valence-corrected chi connectivity index (χ1v) is 10.3. The molecule has 1 aliphatic rings. The molecular weight excluding hydrogens is 340 g/mol. The minimum atomic E-state index is -3.41. The van der Waals surface area contributed by atoms with Crippen LogP contribution in [-0.2, 0) is 9.84 Å². The maximum absolute atomic E-state index is 13.0. The van der Waals surface area contributed by atoms with E-state index < -0.39 is 15.1 Å². The van der Waals surface area contributed by atoms with Gasteiger partial charge in [0.25, 0.3) is 0 Å². The Morgan fingerprint density at radius 3 is 2.35 bits per heavy atom. The van der Waals surface area contributed by atoms with Crippen LogP contribution in [0.4, 0.5) is 0 Å². The molecule has 1 atom stereocenters. The van der Waals surface area contributed by atoms with E-state index >= 15 is 0 Å². The number of benzene rings is 2. The molecule has 134 valence electrons. The summed E-state index contributed by atoms with van der Waals surface area (Å²) in [5.41, 5.74) is 6.28. The minimum absolute atomic E-state index is 0.204. The van der Waals surface area contributed by atoms with Crippen LogP contribution in [0.25, 0.3) is 6.08 Å². The van der Waals surface area contributed by atoms with Gasteiger partial charge < -0.3 is 0 Å². The van der Waals surface area contributed by atoms with E-state index in [4.69, 9.17) is 0 Å². The molecule has 0 saturated carbocycles. The standard InChI is InChI=1S/C23H24O2S/c1-18-9-13-21(14-10-18)26(24,25)22-15-16-23(2,3)20(17-22)12-11-19-7-5-4-6-8-19/h4-11,13-16,22H,17H2,1-3H3. The zero-order chi connectivity index (χ0) is 18.8. The lowest BCUT2D eigenvalue weighted by Crippen LogP contribution is -2.28. The molecule has 0 aliphatic heterocycles. The minimum Gasteiger partial charge on any atom is -0.223 e. The van der Waals surface area contributed by atoms with E-state index in [1.54, 1.807) is 12.1 Å². The summed E-state index contributed by atoms with van der Waals surface area (Å²) < 4.78 is 26.1. The Balaban J connectivity index is 1.97. The number of rotatable bonds is 3. The van der Waals surface area contributed by atoms with E-state index in [-0.39, 0.29) is 5.41 Å². The summed E-state index contributed by atoms with van der Waals surface area (Å²) in [6.07, 6.45) is 6.23. The van der Waals surface area contributed by atoms with Crippen LogP contribution in [0, 0.1) is 12.3 Å². The summed E-state index contributed by atoms with van der Waals surface area (Å²) in [7, 11) is -3.41. The largest absolute Gasteiger partial charge is 0.223 e. The lowest BCUT2D eigenvalue weighted by Gasteiger charge is -2.30. The molecule has 26 heavy (non-hydrogen) atoms. The van der Waals surface area contributed by atoms with Crippen molar-refractivity contribution in [3.8, 4) is 0 Å². The van der Waals surface area contributed by atoms with Gasteiger partial charge in [0.05, 0.1) is 10.1 Å². The van der Waals surface area contributed by atoms with Crippen LogP contribution in [0.3, 0.4) is 0 Å². The van der Waals surface area contributed by atoms with E-state index in [2.05, 4.69) is 19.6 Å². The average molecular weight is 365 g/mol. The van der Waals surface area contributed by atoms with Gasteiger partial charge in [-0.3, -0.25) is 0 Å². The molecule has 0 amide bonds. The van der Waals surface area contributed by atoms with Crippen molar-refractivity contribution >= 4 is 15.9 Å². The highest BCUT2D eigenvalue weighted by molar-refractivity contribution is 7.92. The Labute approximate surface area is 156 Å².